The van der Waals surface area contributed by atoms with Crippen LogP contribution in [0, 0.1) is 11.8 Å². The van der Waals surface area contributed by atoms with Gasteiger partial charge in [0, 0.05) is 16.8 Å². The maximum absolute atomic E-state index is 12.7. The van der Waals surface area contributed by atoms with E-state index in [-0.39, 0.29) is 29.4 Å². The SMILES string of the molecule is CC1=N[C@@]2(O)c3ccccc3C(=O)[C@@]2(O)C1C(=O)OCC(C)C. The van der Waals surface area contributed by atoms with E-state index in [0.29, 0.717) is 0 Å². The lowest BCUT2D eigenvalue weighted by atomic mass is 9.79. The molecule has 1 aliphatic heterocycles. The first-order valence-electron chi connectivity index (χ1n) is 7.55. The fourth-order valence-corrected chi connectivity index (χ4v) is 3.33. The molecular weight excluding hydrogens is 298 g/mol. The summed E-state index contributed by atoms with van der Waals surface area (Å²) in [6.45, 7) is 5.43. The summed E-state index contributed by atoms with van der Waals surface area (Å²) in [5, 5.41) is 21.9. The van der Waals surface area contributed by atoms with Gasteiger partial charge in [0.05, 0.1) is 6.61 Å². The van der Waals surface area contributed by atoms with Gasteiger partial charge in [0.15, 0.2) is 5.60 Å². The van der Waals surface area contributed by atoms with E-state index in [1.807, 2.05) is 13.8 Å². The minimum absolute atomic E-state index is 0.114. The van der Waals surface area contributed by atoms with Crippen molar-refractivity contribution in [2.24, 2.45) is 16.8 Å². The van der Waals surface area contributed by atoms with E-state index in [2.05, 4.69) is 4.99 Å². The highest BCUT2D eigenvalue weighted by atomic mass is 16.5. The number of nitrogens with zero attached hydrogens (tertiary/aromatic N) is 1. The van der Waals surface area contributed by atoms with Crippen molar-refractivity contribution in [1.29, 1.82) is 0 Å². The Hall–Kier alpha value is -2.05. The average molecular weight is 317 g/mol. The zero-order valence-corrected chi connectivity index (χ0v) is 13.2. The van der Waals surface area contributed by atoms with Crippen molar-refractivity contribution in [3.05, 3.63) is 35.4 Å². The Morgan fingerprint density at radius 1 is 1.35 bits per heavy atom. The molecule has 2 N–H and O–H groups in total. The van der Waals surface area contributed by atoms with Gasteiger partial charge < -0.3 is 14.9 Å². The number of hydrogen-bond donors (Lipinski definition) is 2. The van der Waals surface area contributed by atoms with E-state index < -0.39 is 29.0 Å². The Kier molecular flexibility index (Phi) is 3.42. The molecule has 0 aromatic heterocycles. The van der Waals surface area contributed by atoms with Crippen molar-refractivity contribution in [3.63, 3.8) is 0 Å². The van der Waals surface area contributed by atoms with Gasteiger partial charge in [-0.15, -0.1) is 0 Å². The van der Waals surface area contributed by atoms with Gasteiger partial charge in [0.25, 0.3) is 0 Å². The summed E-state index contributed by atoms with van der Waals surface area (Å²) in [5.41, 5.74) is -3.92. The Labute approximate surface area is 133 Å². The van der Waals surface area contributed by atoms with Crippen molar-refractivity contribution in [2.75, 3.05) is 6.61 Å². The molecule has 1 aromatic rings. The molecule has 122 valence electrons. The molecule has 0 saturated heterocycles. The van der Waals surface area contributed by atoms with Gasteiger partial charge >= 0.3 is 5.97 Å². The fraction of sp³-hybridized carbons (Fsp3) is 0.471. The Morgan fingerprint density at radius 2 is 2.00 bits per heavy atom. The molecule has 0 radical (unpaired) electrons. The minimum Gasteiger partial charge on any atom is -0.465 e. The van der Waals surface area contributed by atoms with Crippen molar-refractivity contribution in [1.82, 2.24) is 0 Å². The summed E-state index contributed by atoms with van der Waals surface area (Å²) in [6, 6.07) is 6.31. The number of carbonyl (C=O) groups is 2. The van der Waals surface area contributed by atoms with E-state index in [9.17, 15) is 19.8 Å². The molecule has 0 amide bonds. The molecule has 1 heterocycles. The zero-order chi connectivity index (χ0) is 17.0. The van der Waals surface area contributed by atoms with Gasteiger partial charge in [-0.1, -0.05) is 38.1 Å². The number of aliphatic hydroxyl groups is 2. The van der Waals surface area contributed by atoms with E-state index in [1.54, 1.807) is 12.1 Å². The first-order valence-corrected chi connectivity index (χ1v) is 7.55. The third kappa shape index (κ3) is 1.91. The third-order valence-corrected chi connectivity index (χ3v) is 4.39. The maximum atomic E-state index is 12.7. The number of carbonyl (C=O) groups excluding carboxylic acids is 2. The number of rotatable bonds is 3. The molecule has 6 nitrogen and oxygen atoms in total. The van der Waals surface area contributed by atoms with Crippen LogP contribution in [0.15, 0.2) is 29.3 Å². The molecule has 1 aromatic carbocycles. The summed E-state index contributed by atoms with van der Waals surface area (Å²) in [7, 11) is 0. The zero-order valence-electron chi connectivity index (χ0n) is 13.2. The van der Waals surface area contributed by atoms with E-state index in [0.717, 1.165) is 0 Å². The lowest BCUT2D eigenvalue weighted by molar-refractivity contribution is -0.165. The molecule has 6 heteroatoms. The van der Waals surface area contributed by atoms with Crippen LogP contribution in [0.2, 0.25) is 0 Å². The number of esters is 1. The molecule has 0 bridgehead atoms. The van der Waals surface area contributed by atoms with Gasteiger partial charge in [-0.25, -0.2) is 0 Å². The Bertz CT molecular complexity index is 725. The molecule has 0 saturated carbocycles. The monoisotopic (exact) mass is 317 g/mol. The summed E-state index contributed by atoms with van der Waals surface area (Å²) < 4.78 is 5.18. The van der Waals surface area contributed by atoms with Crippen LogP contribution in [0.3, 0.4) is 0 Å². The van der Waals surface area contributed by atoms with Crippen LogP contribution in [0.25, 0.3) is 0 Å². The third-order valence-electron chi connectivity index (χ3n) is 4.39. The number of ketones is 1. The number of aliphatic imine (C=N–C) groups is 1. The Balaban J connectivity index is 2.06. The molecule has 23 heavy (non-hydrogen) atoms. The molecule has 3 atom stereocenters. The van der Waals surface area contributed by atoms with Gasteiger partial charge in [0.1, 0.15) is 5.92 Å². The normalized spacial score (nSPS) is 31.8. The van der Waals surface area contributed by atoms with Crippen LogP contribution in [0.5, 0.6) is 0 Å². The smallest absolute Gasteiger partial charge is 0.318 e. The van der Waals surface area contributed by atoms with Gasteiger partial charge in [-0.05, 0) is 12.8 Å². The van der Waals surface area contributed by atoms with Gasteiger partial charge in [0.2, 0.25) is 11.5 Å². The molecule has 0 spiro atoms. The Morgan fingerprint density at radius 3 is 2.65 bits per heavy atom. The molecule has 1 aliphatic carbocycles. The molecule has 1 unspecified atom stereocenters. The number of ether oxygens (including phenoxy) is 1. The largest absolute Gasteiger partial charge is 0.465 e. The second-order valence-corrected chi connectivity index (χ2v) is 6.52. The van der Waals surface area contributed by atoms with E-state index in [4.69, 9.17) is 4.74 Å². The highest BCUT2D eigenvalue weighted by Crippen LogP contribution is 2.53. The molecule has 2 aliphatic rings. The second-order valence-electron chi connectivity index (χ2n) is 6.52. The average Bonchev–Trinajstić information content (AvgIpc) is 2.80. The van der Waals surface area contributed by atoms with Crippen molar-refractivity contribution >= 4 is 17.5 Å². The molecular formula is C17H19NO5. The van der Waals surface area contributed by atoms with Crippen LogP contribution in [-0.4, -0.2) is 39.9 Å². The summed E-state index contributed by atoms with van der Waals surface area (Å²) in [6.07, 6.45) is 0. The molecule has 0 fully saturated rings. The van der Waals surface area contributed by atoms with Crippen molar-refractivity contribution in [2.45, 2.75) is 32.1 Å². The van der Waals surface area contributed by atoms with Crippen LogP contribution < -0.4 is 0 Å². The van der Waals surface area contributed by atoms with Crippen LogP contribution in [0.4, 0.5) is 0 Å². The maximum Gasteiger partial charge on any atom is 0.318 e. The standard InChI is InChI=1S/C17H19NO5/c1-9(2)8-23-15(20)13-10(3)18-17(22)12-7-5-4-6-11(12)14(19)16(13,17)21/h4-7,9,13,21-22H,8H2,1-3H3/t13?,16-,17+/m0/s1. The predicted molar refractivity (Wildman–Crippen MR) is 82.0 cm³/mol. The van der Waals surface area contributed by atoms with Crippen molar-refractivity contribution in [3.8, 4) is 0 Å². The minimum atomic E-state index is -2.35. The second kappa shape index (κ2) is 4.97. The van der Waals surface area contributed by atoms with Gasteiger partial charge in [-0.3, -0.25) is 14.6 Å². The van der Waals surface area contributed by atoms with Crippen LogP contribution in [0.1, 0.15) is 36.7 Å². The fourth-order valence-electron chi connectivity index (χ4n) is 3.33. The number of Topliss-reactive ketones (excluding diaryl/α,β-unsaturated/α-hetero) is 1. The van der Waals surface area contributed by atoms with E-state index >= 15 is 0 Å². The van der Waals surface area contributed by atoms with Crippen LogP contribution in [-0.2, 0) is 15.3 Å². The highest BCUT2D eigenvalue weighted by molar-refractivity contribution is 6.18. The summed E-state index contributed by atoms with van der Waals surface area (Å²) in [5.74, 6) is -2.66. The highest BCUT2D eigenvalue weighted by Gasteiger charge is 2.72. The number of fused-ring (bicyclic) bond motifs is 3. The van der Waals surface area contributed by atoms with Crippen molar-refractivity contribution < 1.29 is 24.5 Å². The van der Waals surface area contributed by atoms with Crippen LogP contribution >= 0.6 is 0 Å². The predicted octanol–water partition coefficient (Wildman–Crippen LogP) is 1.05. The molecule has 3 rings (SSSR count). The van der Waals surface area contributed by atoms with E-state index in [1.165, 1.54) is 19.1 Å². The van der Waals surface area contributed by atoms with Gasteiger partial charge in [-0.2, -0.15) is 0 Å². The topological polar surface area (TPSA) is 96.2 Å². The lowest BCUT2D eigenvalue weighted by Gasteiger charge is -2.32. The lowest BCUT2D eigenvalue weighted by Crippen LogP contribution is -2.56. The number of benzene rings is 1. The summed E-state index contributed by atoms with van der Waals surface area (Å²) >= 11 is 0. The first kappa shape index (κ1) is 15.8. The number of hydrogen-bond acceptors (Lipinski definition) is 6. The quantitative estimate of drug-likeness (QED) is 0.812. The summed E-state index contributed by atoms with van der Waals surface area (Å²) in [4.78, 5) is 29.2. The first-order chi connectivity index (χ1) is 10.7.